The largest absolute Gasteiger partial charge is 0.480 e. The van der Waals surface area contributed by atoms with E-state index in [2.05, 4.69) is 5.32 Å². The molecule has 6 heteroatoms. The second-order valence-electron chi connectivity index (χ2n) is 6.06. The van der Waals surface area contributed by atoms with Gasteiger partial charge in [0.2, 0.25) is 0 Å². The van der Waals surface area contributed by atoms with Crippen molar-refractivity contribution >= 4 is 11.9 Å². The predicted octanol–water partition coefficient (Wildman–Crippen LogP) is 3.49. The molecule has 0 heterocycles. The molecule has 0 aliphatic rings. The summed E-state index contributed by atoms with van der Waals surface area (Å²) in [7, 11) is 0. The third kappa shape index (κ3) is 5.35. The maximum atomic E-state index is 12.3. The summed E-state index contributed by atoms with van der Waals surface area (Å²) in [6.07, 6.45) is 0.108. The Labute approximate surface area is 162 Å². The molecular formula is C22H19NO5. The molecule has 3 rings (SSSR count). The topological polar surface area (TPSA) is 84.9 Å². The highest BCUT2D eigenvalue weighted by Crippen LogP contribution is 2.17. The molecule has 0 saturated heterocycles. The van der Waals surface area contributed by atoms with E-state index in [1.54, 1.807) is 66.7 Å². The smallest absolute Gasteiger partial charge is 0.326 e. The van der Waals surface area contributed by atoms with Gasteiger partial charge in [-0.1, -0.05) is 48.5 Å². The summed E-state index contributed by atoms with van der Waals surface area (Å²) in [6.45, 7) is 0. The highest BCUT2D eigenvalue weighted by molar-refractivity contribution is 5.96. The Morgan fingerprint density at radius 2 is 1.43 bits per heavy atom. The third-order valence-electron chi connectivity index (χ3n) is 3.95. The number of hydrogen-bond acceptors (Lipinski definition) is 4. The van der Waals surface area contributed by atoms with E-state index < -0.39 is 17.9 Å². The number of nitrogens with one attached hydrogen (secondary N) is 1. The van der Waals surface area contributed by atoms with E-state index in [1.165, 1.54) is 0 Å². The fourth-order valence-electron chi connectivity index (χ4n) is 2.56. The van der Waals surface area contributed by atoms with Crippen molar-refractivity contribution in [1.29, 1.82) is 0 Å². The van der Waals surface area contributed by atoms with Crippen LogP contribution < -0.4 is 15.1 Å². The van der Waals surface area contributed by atoms with Crippen LogP contribution in [0, 0.1) is 0 Å². The second-order valence-corrected chi connectivity index (χ2v) is 6.06. The maximum Gasteiger partial charge on any atom is 0.326 e. The van der Waals surface area contributed by atoms with Crippen LogP contribution in [0.15, 0.2) is 84.9 Å². The van der Waals surface area contributed by atoms with Gasteiger partial charge in [-0.25, -0.2) is 4.79 Å². The molecule has 0 aromatic heterocycles. The zero-order valence-electron chi connectivity index (χ0n) is 14.9. The number of rotatable bonds is 8. The number of benzene rings is 3. The molecule has 0 spiro atoms. The summed E-state index contributed by atoms with van der Waals surface area (Å²) < 4.78 is 0. The standard InChI is InChI=1S/C22H19NO5/c24-21(17-9-3-1-4-10-17)23-20(22(25)26)15-16-8-7-13-19(14-16)28-27-18-11-5-2-6-12-18/h1-14,20H,15H2,(H,23,24)(H,25,26). The van der Waals surface area contributed by atoms with Gasteiger partial charge >= 0.3 is 5.97 Å². The van der Waals surface area contributed by atoms with Crippen LogP contribution in [0.3, 0.4) is 0 Å². The first-order chi connectivity index (χ1) is 13.6. The van der Waals surface area contributed by atoms with E-state index in [4.69, 9.17) is 9.78 Å². The van der Waals surface area contributed by atoms with Crippen LogP contribution in [-0.4, -0.2) is 23.0 Å². The molecule has 1 unspecified atom stereocenters. The fraction of sp³-hybridized carbons (Fsp3) is 0.0909. The maximum absolute atomic E-state index is 12.3. The number of carbonyl (C=O) groups excluding carboxylic acids is 1. The Morgan fingerprint density at radius 1 is 0.821 bits per heavy atom. The molecule has 0 aliphatic carbocycles. The Bertz CT molecular complexity index is 928. The zero-order chi connectivity index (χ0) is 19.8. The van der Waals surface area contributed by atoms with Crippen LogP contribution in [0.25, 0.3) is 0 Å². The molecule has 0 bridgehead atoms. The molecule has 2 N–H and O–H groups in total. The predicted molar refractivity (Wildman–Crippen MR) is 103 cm³/mol. The summed E-state index contributed by atoms with van der Waals surface area (Å²) in [5.74, 6) is -0.574. The van der Waals surface area contributed by atoms with Gasteiger partial charge in [-0.15, -0.1) is 0 Å². The van der Waals surface area contributed by atoms with Gasteiger partial charge in [0.1, 0.15) is 6.04 Å². The zero-order valence-corrected chi connectivity index (χ0v) is 14.9. The van der Waals surface area contributed by atoms with Gasteiger partial charge in [-0.05, 0) is 42.0 Å². The average molecular weight is 377 g/mol. The van der Waals surface area contributed by atoms with Gasteiger partial charge in [0.25, 0.3) is 5.91 Å². The van der Waals surface area contributed by atoms with Crippen LogP contribution >= 0.6 is 0 Å². The molecule has 1 atom stereocenters. The lowest BCUT2D eigenvalue weighted by Gasteiger charge is -2.15. The van der Waals surface area contributed by atoms with E-state index in [-0.39, 0.29) is 6.42 Å². The number of para-hydroxylation sites is 1. The van der Waals surface area contributed by atoms with Crippen LogP contribution in [0.1, 0.15) is 15.9 Å². The van der Waals surface area contributed by atoms with Crippen molar-refractivity contribution in [2.75, 3.05) is 0 Å². The summed E-state index contributed by atoms with van der Waals surface area (Å²) in [5, 5.41) is 12.0. The van der Waals surface area contributed by atoms with Gasteiger partial charge in [-0.3, -0.25) is 14.6 Å². The lowest BCUT2D eigenvalue weighted by Crippen LogP contribution is -2.42. The van der Waals surface area contributed by atoms with Crippen LogP contribution in [0.4, 0.5) is 0 Å². The van der Waals surface area contributed by atoms with Crippen molar-refractivity contribution in [3.05, 3.63) is 96.1 Å². The molecule has 0 aliphatic heterocycles. The van der Waals surface area contributed by atoms with Crippen molar-refractivity contribution in [3.8, 4) is 11.5 Å². The Hall–Kier alpha value is -3.80. The molecule has 0 fully saturated rings. The molecule has 142 valence electrons. The van der Waals surface area contributed by atoms with Crippen LogP contribution in [0.5, 0.6) is 11.5 Å². The minimum absolute atomic E-state index is 0.108. The number of carboxylic acids is 1. The lowest BCUT2D eigenvalue weighted by atomic mass is 10.1. The minimum atomic E-state index is -1.11. The van der Waals surface area contributed by atoms with Gasteiger partial charge in [-0.2, -0.15) is 0 Å². The first kappa shape index (κ1) is 19.0. The third-order valence-corrected chi connectivity index (χ3v) is 3.95. The number of aliphatic carboxylic acids is 1. The molecule has 1 amide bonds. The summed E-state index contributed by atoms with van der Waals surface area (Å²) in [6, 6.07) is 23.3. The van der Waals surface area contributed by atoms with Gasteiger partial charge < -0.3 is 10.4 Å². The van der Waals surface area contributed by atoms with E-state index in [9.17, 15) is 14.7 Å². The Kier molecular flexibility index (Phi) is 6.25. The quantitative estimate of drug-likeness (QED) is 0.464. The monoisotopic (exact) mass is 377 g/mol. The van der Waals surface area contributed by atoms with Crippen molar-refractivity contribution in [2.45, 2.75) is 12.5 Å². The highest BCUT2D eigenvalue weighted by Gasteiger charge is 2.21. The van der Waals surface area contributed by atoms with E-state index >= 15 is 0 Å². The van der Waals surface area contributed by atoms with Gasteiger partial charge in [0.15, 0.2) is 11.5 Å². The summed E-state index contributed by atoms with van der Waals surface area (Å²) >= 11 is 0. The number of carboxylic acid groups (broad SMARTS) is 1. The Morgan fingerprint density at radius 3 is 2.11 bits per heavy atom. The summed E-state index contributed by atoms with van der Waals surface area (Å²) in [5.41, 5.74) is 1.09. The van der Waals surface area contributed by atoms with Gasteiger partial charge in [0.05, 0.1) is 0 Å². The first-order valence-electron chi connectivity index (χ1n) is 8.69. The first-order valence-corrected chi connectivity index (χ1v) is 8.69. The minimum Gasteiger partial charge on any atom is -0.480 e. The number of hydrogen-bond donors (Lipinski definition) is 2. The van der Waals surface area contributed by atoms with Crippen molar-refractivity contribution < 1.29 is 24.5 Å². The fourth-order valence-corrected chi connectivity index (χ4v) is 2.56. The SMILES string of the molecule is O=C(NC(Cc1cccc(OOc2ccccc2)c1)C(=O)O)c1ccccc1. The molecule has 0 saturated carbocycles. The van der Waals surface area contributed by atoms with Crippen molar-refractivity contribution in [2.24, 2.45) is 0 Å². The molecule has 0 radical (unpaired) electrons. The van der Waals surface area contributed by atoms with Crippen LogP contribution in [0.2, 0.25) is 0 Å². The summed E-state index contributed by atoms with van der Waals surface area (Å²) in [4.78, 5) is 34.4. The second kappa shape index (κ2) is 9.23. The molecule has 3 aromatic rings. The van der Waals surface area contributed by atoms with Crippen molar-refractivity contribution in [1.82, 2.24) is 5.32 Å². The average Bonchev–Trinajstić information content (AvgIpc) is 2.73. The van der Waals surface area contributed by atoms with E-state index in [0.717, 1.165) is 0 Å². The number of carbonyl (C=O) groups is 2. The Balaban J connectivity index is 1.64. The van der Waals surface area contributed by atoms with E-state index in [0.29, 0.717) is 22.6 Å². The van der Waals surface area contributed by atoms with Crippen molar-refractivity contribution in [3.63, 3.8) is 0 Å². The molecule has 6 nitrogen and oxygen atoms in total. The number of amides is 1. The molecule has 3 aromatic carbocycles. The highest BCUT2D eigenvalue weighted by atomic mass is 17.2. The molecular weight excluding hydrogens is 358 g/mol. The van der Waals surface area contributed by atoms with Crippen LogP contribution in [-0.2, 0) is 11.2 Å². The van der Waals surface area contributed by atoms with Gasteiger partial charge in [0, 0.05) is 12.0 Å². The van der Waals surface area contributed by atoms with E-state index in [1.807, 2.05) is 18.2 Å². The normalized spacial score (nSPS) is 11.3. The molecule has 28 heavy (non-hydrogen) atoms. The lowest BCUT2D eigenvalue weighted by molar-refractivity contribution is -0.139.